The lowest BCUT2D eigenvalue weighted by Gasteiger charge is -2.03. The van der Waals surface area contributed by atoms with Crippen LogP contribution in [0.5, 0.6) is 5.75 Å². The Labute approximate surface area is 95.4 Å². The summed E-state index contributed by atoms with van der Waals surface area (Å²) in [6.45, 7) is 5.50. The van der Waals surface area contributed by atoms with Crippen molar-refractivity contribution in [3.8, 4) is 5.75 Å². The van der Waals surface area contributed by atoms with E-state index >= 15 is 0 Å². The summed E-state index contributed by atoms with van der Waals surface area (Å²) in [5.41, 5.74) is 0. The number of hydrogen-bond donors (Lipinski definition) is 1. The van der Waals surface area contributed by atoms with Crippen molar-refractivity contribution in [2.75, 3.05) is 19.7 Å². The highest BCUT2D eigenvalue weighted by atomic mass is 19.1. The summed E-state index contributed by atoms with van der Waals surface area (Å²) in [4.78, 5) is 0. The molecule has 0 fully saturated rings. The summed E-state index contributed by atoms with van der Waals surface area (Å²) in [6.07, 6.45) is 5.58. The largest absolute Gasteiger partial charge is 0.486 e. The maximum absolute atomic E-state index is 13.1. The molecule has 1 rings (SSSR count). The second-order valence-corrected chi connectivity index (χ2v) is 3.16. The number of ether oxygens (including phenoxy) is 1. The second kappa shape index (κ2) is 7.65. The molecular weight excluding hydrogens is 205 g/mol. The lowest BCUT2D eigenvalue weighted by molar-refractivity contribution is 0.341. The number of halogens is 1. The minimum absolute atomic E-state index is 0.284. The molecule has 0 radical (unpaired) electrons. The molecule has 0 spiro atoms. The van der Waals surface area contributed by atoms with Crippen LogP contribution in [-0.2, 0) is 0 Å². The van der Waals surface area contributed by atoms with E-state index in [4.69, 9.17) is 4.74 Å². The monoisotopic (exact) mass is 221 g/mol. The van der Waals surface area contributed by atoms with Gasteiger partial charge in [0.1, 0.15) is 6.61 Å². The van der Waals surface area contributed by atoms with Crippen molar-refractivity contribution in [2.24, 2.45) is 0 Å². The first-order valence-electron chi connectivity index (χ1n) is 5.18. The van der Waals surface area contributed by atoms with Gasteiger partial charge in [-0.15, -0.1) is 6.58 Å². The zero-order valence-electron chi connectivity index (χ0n) is 9.16. The Morgan fingerprint density at radius 1 is 1.25 bits per heavy atom. The Bertz CT molecular complexity index is 350. The van der Waals surface area contributed by atoms with Crippen molar-refractivity contribution >= 4 is 0 Å². The smallest absolute Gasteiger partial charge is 0.165 e. The van der Waals surface area contributed by atoms with Crippen molar-refractivity contribution in [1.82, 2.24) is 5.32 Å². The van der Waals surface area contributed by atoms with Crippen LogP contribution in [0.3, 0.4) is 0 Å². The Morgan fingerprint density at radius 3 is 2.81 bits per heavy atom. The van der Waals surface area contributed by atoms with Crippen LogP contribution >= 0.6 is 0 Å². The third-order valence-electron chi connectivity index (χ3n) is 1.89. The van der Waals surface area contributed by atoms with Crippen LogP contribution in [-0.4, -0.2) is 19.7 Å². The van der Waals surface area contributed by atoms with Gasteiger partial charge in [0.05, 0.1) is 0 Å². The van der Waals surface area contributed by atoms with Gasteiger partial charge in [0.2, 0.25) is 0 Å². The van der Waals surface area contributed by atoms with Gasteiger partial charge in [-0.25, -0.2) is 4.39 Å². The molecule has 0 saturated carbocycles. The molecule has 2 nitrogen and oxygen atoms in total. The van der Waals surface area contributed by atoms with Gasteiger partial charge in [-0.05, 0) is 12.1 Å². The SMILES string of the molecule is C=CCNC/C=C/COc1ccccc1F. The lowest BCUT2D eigenvalue weighted by atomic mass is 10.3. The summed E-state index contributed by atoms with van der Waals surface area (Å²) in [6, 6.07) is 6.37. The molecule has 0 atom stereocenters. The summed E-state index contributed by atoms with van der Waals surface area (Å²) < 4.78 is 18.3. The third-order valence-corrected chi connectivity index (χ3v) is 1.89. The van der Waals surface area contributed by atoms with Crippen molar-refractivity contribution < 1.29 is 9.13 Å². The Hall–Kier alpha value is -1.61. The van der Waals surface area contributed by atoms with Crippen LogP contribution in [0.25, 0.3) is 0 Å². The number of rotatable bonds is 7. The Kier molecular flexibility index (Phi) is 5.96. The molecule has 0 unspecified atom stereocenters. The van der Waals surface area contributed by atoms with Gasteiger partial charge >= 0.3 is 0 Å². The molecule has 0 saturated heterocycles. The summed E-state index contributed by atoms with van der Waals surface area (Å²) in [5.74, 6) is -0.0492. The molecule has 1 aromatic rings. The van der Waals surface area contributed by atoms with E-state index in [9.17, 15) is 4.39 Å². The molecular formula is C13H16FNO. The molecule has 1 N–H and O–H groups in total. The van der Waals surface area contributed by atoms with E-state index in [0.717, 1.165) is 13.1 Å². The van der Waals surface area contributed by atoms with E-state index in [2.05, 4.69) is 11.9 Å². The maximum Gasteiger partial charge on any atom is 0.165 e. The average molecular weight is 221 g/mol. The number of hydrogen-bond acceptors (Lipinski definition) is 2. The fourth-order valence-corrected chi connectivity index (χ4v) is 1.12. The molecule has 0 aromatic heterocycles. The molecule has 0 amide bonds. The van der Waals surface area contributed by atoms with Crippen molar-refractivity contribution in [3.05, 3.63) is 54.9 Å². The summed E-state index contributed by atoms with van der Waals surface area (Å²) >= 11 is 0. The third kappa shape index (κ3) is 4.75. The predicted octanol–water partition coefficient (Wildman–Crippen LogP) is 2.54. The minimum atomic E-state index is -0.333. The lowest BCUT2D eigenvalue weighted by Crippen LogP contribution is -2.12. The zero-order chi connectivity index (χ0) is 11.6. The van der Waals surface area contributed by atoms with Crippen LogP contribution in [0.4, 0.5) is 4.39 Å². The average Bonchev–Trinajstić information content (AvgIpc) is 2.30. The van der Waals surface area contributed by atoms with Gasteiger partial charge in [-0.1, -0.05) is 30.4 Å². The van der Waals surface area contributed by atoms with Crippen LogP contribution in [0.15, 0.2) is 49.1 Å². The Morgan fingerprint density at radius 2 is 2.06 bits per heavy atom. The van der Waals surface area contributed by atoms with E-state index in [0.29, 0.717) is 6.61 Å². The van der Waals surface area contributed by atoms with E-state index in [1.807, 2.05) is 12.2 Å². The quantitative estimate of drug-likeness (QED) is 0.564. The molecule has 1 aromatic carbocycles. The first-order valence-corrected chi connectivity index (χ1v) is 5.18. The standard InChI is InChI=1S/C13H16FNO/c1-2-9-15-10-5-6-11-16-13-8-4-3-7-12(13)14/h2-8,15H,1,9-11H2/b6-5+. The molecule has 0 bridgehead atoms. The van der Waals surface area contributed by atoms with E-state index in [-0.39, 0.29) is 11.6 Å². The molecule has 0 aliphatic carbocycles. The van der Waals surface area contributed by atoms with Gasteiger partial charge in [0.25, 0.3) is 0 Å². The fraction of sp³-hybridized carbons (Fsp3) is 0.231. The minimum Gasteiger partial charge on any atom is -0.486 e. The zero-order valence-corrected chi connectivity index (χ0v) is 9.16. The number of nitrogens with one attached hydrogen (secondary N) is 1. The van der Waals surface area contributed by atoms with Crippen molar-refractivity contribution in [2.45, 2.75) is 0 Å². The molecule has 0 heterocycles. The van der Waals surface area contributed by atoms with Gasteiger partial charge in [-0.2, -0.15) is 0 Å². The summed E-state index contributed by atoms with van der Waals surface area (Å²) in [5, 5.41) is 3.11. The first kappa shape index (κ1) is 12.5. The molecule has 3 heteroatoms. The Balaban J connectivity index is 2.20. The van der Waals surface area contributed by atoms with Gasteiger partial charge < -0.3 is 10.1 Å². The van der Waals surface area contributed by atoms with Crippen molar-refractivity contribution in [1.29, 1.82) is 0 Å². The molecule has 0 aliphatic rings. The van der Waals surface area contributed by atoms with Crippen LogP contribution in [0.2, 0.25) is 0 Å². The van der Waals surface area contributed by atoms with Crippen molar-refractivity contribution in [3.63, 3.8) is 0 Å². The fourth-order valence-electron chi connectivity index (χ4n) is 1.12. The first-order chi connectivity index (χ1) is 7.84. The highest BCUT2D eigenvalue weighted by molar-refractivity contribution is 5.23. The second-order valence-electron chi connectivity index (χ2n) is 3.16. The van der Waals surface area contributed by atoms with Gasteiger partial charge in [-0.3, -0.25) is 0 Å². The van der Waals surface area contributed by atoms with Crippen LogP contribution < -0.4 is 10.1 Å². The number of para-hydroxylation sites is 1. The van der Waals surface area contributed by atoms with Crippen LogP contribution in [0, 0.1) is 5.82 Å². The topological polar surface area (TPSA) is 21.3 Å². The highest BCUT2D eigenvalue weighted by Crippen LogP contribution is 2.14. The molecule has 0 aliphatic heterocycles. The predicted molar refractivity (Wildman–Crippen MR) is 64.1 cm³/mol. The van der Waals surface area contributed by atoms with Gasteiger partial charge in [0.15, 0.2) is 11.6 Å². The van der Waals surface area contributed by atoms with E-state index in [1.54, 1.807) is 24.3 Å². The van der Waals surface area contributed by atoms with Crippen LogP contribution in [0.1, 0.15) is 0 Å². The van der Waals surface area contributed by atoms with E-state index < -0.39 is 0 Å². The highest BCUT2D eigenvalue weighted by Gasteiger charge is 1.98. The molecule has 86 valence electrons. The molecule has 16 heavy (non-hydrogen) atoms. The normalized spacial score (nSPS) is 10.6. The summed E-state index contributed by atoms with van der Waals surface area (Å²) in [7, 11) is 0. The number of benzene rings is 1. The van der Waals surface area contributed by atoms with Gasteiger partial charge in [0, 0.05) is 13.1 Å². The van der Waals surface area contributed by atoms with E-state index in [1.165, 1.54) is 6.07 Å². The maximum atomic E-state index is 13.1.